The summed E-state index contributed by atoms with van der Waals surface area (Å²) in [6, 6.07) is 16.2. The number of ether oxygens (including phenoxy) is 1. The Labute approximate surface area is 195 Å². The first-order valence-corrected chi connectivity index (χ1v) is 10.9. The number of amides is 1. The Kier molecular flexibility index (Phi) is 7.27. The Morgan fingerprint density at radius 3 is 2.38 bits per heavy atom. The Bertz CT molecular complexity index is 1100. The highest BCUT2D eigenvalue weighted by Gasteiger charge is 2.26. The molecule has 0 saturated carbocycles. The van der Waals surface area contributed by atoms with Gasteiger partial charge in [0.1, 0.15) is 0 Å². The fourth-order valence-corrected chi connectivity index (χ4v) is 3.50. The predicted molar refractivity (Wildman–Crippen MR) is 123 cm³/mol. The van der Waals surface area contributed by atoms with Gasteiger partial charge in [0, 0.05) is 48.3 Å². The van der Waals surface area contributed by atoms with Crippen molar-refractivity contribution in [1.29, 1.82) is 0 Å². The van der Waals surface area contributed by atoms with E-state index in [9.17, 15) is 18.0 Å². The molecular weight excluding hydrogens is 447 g/mol. The van der Waals surface area contributed by atoms with Crippen LogP contribution in [0.15, 0.2) is 60.8 Å². The van der Waals surface area contributed by atoms with Gasteiger partial charge >= 0.3 is 6.18 Å². The van der Waals surface area contributed by atoms with E-state index >= 15 is 0 Å². The Balaban J connectivity index is 1.38. The number of hydrogen-bond acceptors (Lipinski definition) is 6. The third-order valence-electron chi connectivity index (χ3n) is 5.29. The van der Waals surface area contributed by atoms with Crippen molar-refractivity contribution < 1.29 is 22.7 Å². The summed E-state index contributed by atoms with van der Waals surface area (Å²) in [5, 5.41) is 5.46. The molecule has 0 unspecified atom stereocenters. The summed E-state index contributed by atoms with van der Waals surface area (Å²) < 4.78 is 42.1. The number of benzene rings is 2. The van der Waals surface area contributed by atoms with Crippen LogP contribution in [0, 0.1) is 0 Å². The number of halogens is 3. The Hall–Kier alpha value is -3.66. The zero-order valence-electron chi connectivity index (χ0n) is 18.3. The first-order valence-electron chi connectivity index (χ1n) is 10.9. The average molecular weight is 471 g/mol. The number of hydrogen-bond donors (Lipinski definition) is 2. The normalized spacial score (nSPS) is 14.0. The molecular formula is C24H24F3N5O2. The third kappa shape index (κ3) is 6.44. The minimum atomic E-state index is -4.30. The molecule has 2 N–H and O–H groups in total. The molecule has 1 fully saturated rings. The Morgan fingerprint density at radius 2 is 1.71 bits per heavy atom. The highest BCUT2D eigenvalue weighted by atomic mass is 19.4. The summed E-state index contributed by atoms with van der Waals surface area (Å²) in [7, 11) is 0. The lowest BCUT2D eigenvalue weighted by molar-refractivity contribution is -0.132. The Morgan fingerprint density at radius 1 is 1.00 bits per heavy atom. The summed E-state index contributed by atoms with van der Waals surface area (Å²) in [6.45, 7) is 2.73. The fraction of sp³-hybridized carbons (Fsp3) is 0.292. The lowest BCUT2D eigenvalue weighted by Gasteiger charge is -2.28. The van der Waals surface area contributed by atoms with Gasteiger partial charge in [0.15, 0.2) is 0 Å². The molecule has 34 heavy (non-hydrogen) atoms. The zero-order chi connectivity index (χ0) is 24.0. The predicted octanol–water partition coefficient (Wildman–Crippen LogP) is 4.41. The van der Waals surface area contributed by atoms with Gasteiger partial charge in [0.05, 0.1) is 25.3 Å². The maximum absolute atomic E-state index is 12.2. The maximum Gasteiger partial charge on any atom is 0.390 e. The highest BCUT2D eigenvalue weighted by Crippen LogP contribution is 2.23. The topological polar surface area (TPSA) is 79.4 Å². The number of nitrogens with zero attached hydrogens (tertiary/aromatic N) is 3. The van der Waals surface area contributed by atoms with Gasteiger partial charge in [-0.3, -0.25) is 4.79 Å². The minimum Gasteiger partial charge on any atom is -0.378 e. The molecule has 7 nitrogen and oxygen atoms in total. The number of rotatable bonds is 7. The van der Waals surface area contributed by atoms with E-state index in [1.165, 1.54) is 0 Å². The number of carbonyl (C=O) groups excluding carboxylic acids is 1. The molecule has 4 rings (SSSR count). The van der Waals surface area contributed by atoms with Crippen LogP contribution in [0.5, 0.6) is 0 Å². The van der Waals surface area contributed by atoms with Gasteiger partial charge < -0.3 is 20.3 Å². The van der Waals surface area contributed by atoms with Gasteiger partial charge in [-0.15, -0.1) is 0 Å². The molecule has 1 aromatic heterocycles. The van der Waals surface area contributed by atoms with Crippen molar-refractivity contribution >= 4 is 23.2 Å². The van der Waals surface area contributed by atoms with Crippen LogP contribution in [0.1, 0.15) is 16.8 Å². The maximum atomic E-state index is 12.2. The lowest BCUT2D eigenvalue weighted by atomic mass is 10.1. The van der Waals surface area contributed by atoms with Crippen molar-refractivity contribution in [1.82, 2.24) is 15.3 Å². The van der Waals surface area contributed by atoms with E-state index in [4.69, 9.17) is 4.74 Å². The van der Waals surface area contributed by atoms with Gasteiger partial charge in [0.2, 0.25) is 5.95 Å². The van der Waals surface area contributed by atoms with Crippen LogP contribution >= 0.6 is 0 Å². The van der Waals surface area contributed by atoms with Crippen LogP contribution in [0.2, 0.25) is 0 Å². The molecule has 1 aliphatic rings. The van der Waals surface area contributed by atoms with E-state index in [1.807, 2.05) is 24.3 Å². The van der Waals surface area contributed by atoms with E-state index < -0.39 is 25.0 Å². The molecule has 0 bridgehead atoms. The lowest BCUT2D eigenvalue weighted by Crippen LogP contribution is -2.36. The van der Waals surface area contributed by atoms with Crippen molar-refractivity contribution in [2.75, 3.05) is 43.1 Å². The first kappa shape index (κ1) is 23.5. The quantitative estimate of drug-likeness (QED) is 0.532. The average Bonchev–Trinajstić information content (AvgIpc) is 2.84. The molecule has 3 aromatic rings. The van der Waals surface area contributed by atoms with Crippen LogP contribution in [0.3, 0.4) is 0 Å². The van der Waals surface area contributed by atoms with Crippen molar-refractivity contribution in [2.24, 2.45) is 0 Å². The largest absolute Gasteiger partial charge is 0.390 e. The molecule has 0 radical (unpaired) electrons. The third-order valence-corrected chi connectivity index (χ3v) is 5.29. The highest BCUT2D eigenvalue weighted by molar-refractivity contribution is 5.94. The second kappa shape index (κ2) is 10.5. The van der Waals surface area contributed by atoms with E-state index in [-0.39, 0.29) is 5.56 Å². The van der Waals surface area contributed by atoms with E-state index in [1.54, 1.807) is 36.5 Å². The number of morpholine rings is 1. The smallest absolute Gasteiger partial charge is 0.378 e. The van der Waals surface area contributed by atoms with E-state index in [0.29, 0.717) is 11.6 Å². The molecule has 1 amide bonds. The van der Waals surface area contributed by atoms with E-state index in [2.05, 4.69) is 25.5 Å². The van der Waals surface area contributed by atoms with Gasteiger partial charge in [0.25, 0.3) is 5.91 Å². The molecule has 2 aromatic carbocycles. The molecule has 178 valence electrons. The summed E-state index contributed by atoms with van der Waals surface area (Å²) in [5.41, 5.74) is 3.65. The van der Waals surface area contributed by atoms with Crippen molar-refractivity contribution in [2.45, 2.75) is 12.6 Å². The first-order chi connectivity index (χ1) is 16.4. The number of anilines is 3. The van der Waals surface area contributed by atoms with Gasteiger partial charge in [-0.05, 0) is 42.5 Å². The van der Waals surface area contributed by atoms with Crippen LogP contribution < -0.4 is 15.5 Å². The molecule has 0 atom stereocenters. The SMILES string of the molecule is O=C(NCCC(F)(F)F)c1ccc(-c2ccnc(Nc3ccc(N4CCOCC4)cc3)n2)cc1. The molecule has 1 aliphatic heterocycles. The number of carbonyl (C=O) groups is 1. The van der Waals surface area contributed by atoms with Gasteiger partial charge in [-0.1, -0.05) is 12.1 Å². The summed E-state index contributed by atoms with van der Waals surface area (Å²) >= 11 is 0. The number of alkyl halides is 3. The van der Waals surface area contributed by atoms with Crippen molar-refractivity contribution in [3.8, 4) is 11.3 Å². The molecule has 0 spiro atoms. The summed E-state index contributed by atoms with van der Waals surface area (Å²) in [6.07, 6.45) is -3.74. The van der Waals surface area contributed by atoms with Crippen LogP contribution in [-0.2, 0) is 4.74 Å². The molecule has 0 aliphatic carbocycles. The van der Waals surface area contributed by atoms with Gasteiger partial charge in [-0.2, -0.15) is 13.2 Å². The van der Waals surface area contributed by atoms with Crippen LogP contribution in [-0.4, -0.2) is 54.9 Å². The van der Waals surface area contributed by atoms with Crippen molar-refractivity contribution in [3.63, 3.8) is 0 Å². The summed E-state index contributed by atoms with van der Waals surface area (Å²) in [5.74, 6) is -0.132. The zero-order valence-corrected chi connectivity index (χ0v) is 18.3. The number of nitrogens with one attached hydrogen (secondary N) is 2. The van der Waals surface area contributed by atoms with Crippen LogP contribution in [0.25, 0.3) is 11.3 Å². The molecule has 10 heteroatoms. The van der Waals surface area contributed by atoms with Crippen LogP contribution in [0.4, 0.5) is 30.5 Å². The monoisotopic (exact) mass is 471 g/mol. The van der Waals surface area contributed by atoms with Gasteiger partial charge in [-0.25, -0.2) is 9.97 Å². The second-order valence-electron chi connectivity index (χ2n) is 7.74. The fourth-order valence-electron chi connectivity index (χ4n) is 3.50. The number of aromatic nitrogens is 2. The second-order valence-corrected chi connectivity index (χ2v) is 7.74. The molecule has 1 saturated heterocycles. The van der Waals surface area contributed by atoms with Crippen molar-refractivity contribution in [3.05, 3.63) is 66.4 Å². The summed E-state index contributed by atoms with van der Waals surface area (Å²) in [4.78, 5) is 23.1. The molecule has 2 heterocycles. The standard InChI is InChI=1S/C24H24F3N5O2/c25-24(26,27)10-12-28-22(33)18-3-1-17(2-4-18)21-9-11-29-23(31-21)30-19-5-7-20(8-6-19)32-13-15-34-16-14-32/h1-9,11H,10,12-16H2,(H,28,33)(H,29,30,31). The van der Waals surface area contributed by atoms with E-state index in [0.717, 1.165) is 43.2 Å². The minimum absolute atomic E-state index is 0.277.